The molecule has 0 bridgehead atoms. The highest BCUT2D eigenvalue weighted by molar-refractivity contribution is 7.22. The first-order valence-electron chi connectivity index (χ1n) is 10.1. The predicted octanol–water partition coefficient (Wildman–Crippen LogP) is 4.16. The van der Waals surface area contributed by atoms with Gasteiger partial charge >= 0.3 is 0 Å². The van der Waals surface area contributed by atoms with Crippen molar-refractivity contribution in [2.75, 3.05) is 25.7 Å². The lowest BCUT2D eigenvalue weighted by Gasteiger charge is -2.20. The Morgan fingerprint density at radius 3 is 2.70 bits per heavy atom. The number of amides is 1. The van der Waals surface area contributed by atoms with Gasteiger partial charge in [-0.15, -0.1) is 0 Å². The van der Waals surface area contributed by atoms with Crippen molar-refractivity contribution >= 4 is 38.3 Å². The third-order valence-electron chi connectivity index (χ3n) is 5.04. The number of benzene rings is 2. The lowest BCUT2D eigenvalue weighted by atomic mass is 10.1. The first-order valence-corrected chi connectivity index (χ1v) is 10.9. The van der Waals surface area contributed by atoms with E-state index in [1.165, 1.54) is 29.5 Å². The van der Waals surface area contributed by atoms with Crippen molar-refractivity contribution in [1.82, 2.24) is 14.5 Å². The standard InChI is InChI=1S/C22H21N5O5S/c1-31-17-7-8-18(32-2)20-19(17)24-22(33-20)26(11-4-10-25-12-9-23-14-25)21(28)15-5-3-6-16(13-15)27(29)30/h3,5-9,12-14H,4,10-11H2,1-2H3. The average Bonchev–Trinajstić information content (AvgIpc) is 3.51. The highest BCUT2D eigenvalue weighted by atomic mass is 32.1. The second-order valence-corrected chi connectivity index (χ2v) is 8.04. The summed E-state index contributed by atoms with van der Waals surface area (Å²) in [4.78, 5) is 34.4. The molecule has 0 fully saturated rings. The number of thiazole rings is 1. The molecule has 0 unspecified atom stereocenters. The number of hydrogen-bond donors (Lipinski definition) is 0. The van der Waals surface area contributed by atoms with Gasteiger partial charge in [0.05, 0.1) is 25.5 Å². The summed E-state index contributed by atoms with van der Waals surface area (Å²) in [6.45, 7) is 1.00. The minimum absolute atomic E-state index is 0.146. The maximum atomic E-state index is 13.5. The van der Waals surface area contributed by atoms with Gasteiger partial charge in [0.2, 0.25) is 0 Å². The van der Waals surface area contributed by atoms with E-state index in [9.17, 15) is 14.9 Å². The van der Waals surface area contributed by atoms with Crippen LogP contribution in [0, 0.1) is 10.1 Å². The van der Waals surface area contributed by atoms with Crippen LogP contribution in [0.5, 0.6) is 11.5 Å². The summed E-state index contributed by atoms with van der Waals surface area (Å²) in [5.74, 6) is 0.812. The third kappa shape index (κ3) is 4.62. The van der Waals surface area contributed by atoms with Crippen molar-refractivity contribution in [3.63, 3.8) is 0 Å². The van der Waals surface area contributed by atoms with Crippen molar-refractivity contribution in [3.05, 3.63) is 70.8 Å². The van der Waals surface area contributed by atoms with E-state index in [4.69, 9.17) is 9.47 Å². The maximum Gasteiger partial charge on any atom is 0.270 e. The lowest BCUT2D eigenvalue weighted by Crippen LogP contribution is -2.32. The number of fused-ring (bicyclic) bond motifs is 1. The monoisotopic (exact) mass is 467 g/mol. The number of nitro benzene ring substituents is 1. The van der Waals surface area contributed by atoms with Gasteiger partial charge in [0.1, 0.15) is 21.7 Å². The molecule has 0 spiro atoms. The molecular formula is C22H21N5O5S. The Morgan fingerprint density at radius 1 is 1.21 bits per heavy atom. The molecule has 0 aliphatic rings. The number of aryl methyl sites for hydroxylation is 1. The normalized spacial score (nSPS) is 10.8. The number of nitro groups is 1. The van der Waals surface area contributed by atoms with E-state index in [0.717, 1.165) is 4.70 Å². The molecular weight excluding hydrogens is 446 g/mol. The first-order chi connectivity index (χ1) is 16.0. The van der Waals surface area contributed by atoms with Crippen molar-refractivity contribution < 1.29 is 19.2 Å². The van der Waals surface area contributed by atoms with Gasteiger partial charge in [0.15, 0.2) is 5.13 Å². The smallest absolute Gasteiger partial charge is 0.270 e. The molecule has 0 N–H and O–H groups in total. The SMILES string of the molecule is COc1ccc(OC)c2sc(N(CCCn3ccnc3)C(=O)c3cccc([N+](=O)[O-])c3)nc12. The van der Waals surface area contributed by atoms with E-state index >= 15 is 0 Å². The van der Waals surface area contributed by atoms with Crippen LogP contribution in [-0.2, 0) is 6.54 Å². The zero-order chi connectivity index (χ0) is 23.4. The van der Waals surface area contributed by atoms with Crippen LogP contribution in [0.1, 0.15) is 16.8 Å². The van der Waals surface area contributed by atoms with Gasteiger partial charge in [0.25, 0.3) is 11.6 Å². The molecule has 2 aromatic heterocycles. The van der Waals surface area contributed by atoms with Crippen LogP contribution in [0.3, 0.4) is 0 Å². The minimum Gasteiger partial charge on any atom is -0.495 e. The van der Waals surface area contributed by atoms with Crippen LogP contribution in [-0.4, -0.2) is 46.1 Å². The molecule has 11 heteroatoms. The molecule has 10 nitrogen and oxygen atoms in total. The van der Waals surface area contributed by atoms with Crippen LogP contribution < -0.4 is 14.4 Å². The number of anilines is 1. The zero-order valence-electron chi connectivity index (χ0n) is 18.0. The average molecular weight is 468 g/mol. The fraction of sp³-hybridized carbons (Fsp3) is 0.227. The number of rotatable bonds is 9. The summed E-state index contributed by atoms with van der Waals surface area (Å²) in [5.41, 5.74) is 0.653. The van der Waals surface area contributed by atoms with Crippen molar-refractivity contribution in [3.8, 4) is 11.5 Å². The summed E-state index contributed by atoms with van der Waals surface area (Å²) in [5, 5.41) is 11.7. The zero-order valence-corrected chi connectivity index (χ0v) is 18.8. The number of methoxy groups -OCH3 is 2. The Hall–Kier alpha value is -3.99. The molecule has 1 amide bonds. The van der Waals surface area contributed by atoms with Crippen LogP contribution in [0.2, 0.25) is 0 Å². The van der Waals surface area contributed by atoms with Gasteiger partial charge in [-0.3, -0.25) is 19.8 Å². The highest BCUT2D eigenvalue weighted by Crippen LogP contribution is 2.40. The van der Waals surface area contributed by atoms with E-state index in [0.29, 0.717) is 41.7 Å². The van der Waals surface area contributed by atoms with Gasteiger partial charge in [-0.25, -0.2) is 9.97 Å². The Bertz CT molecular complexity index is 1250. The number of non-ortho nitro benzene ring substituents is 1. The Labute approximate surface area is 193 Å². The van der Waals surface area contributed by atoms with E-state index in [-0.39, 0.29) is 17.2 Å². The topological polar surface area (TPSA) is 113 Å². The molecule has 0 radical (unpaired) electrons. The lowest BCUT2D eigenvalue weighted by molar-refractivity contribution is -0.384. The molecule has 0 atom stereocenters. The molecule has 2 aromatic carbocycles. The molecule has 0 saturated heterocycles. The number of nitrogens with zero attached hydrogens (tertiary/aromatic N) is 5. The Morgan fingerprint density at radius 2 is 2.00 bits per heavy atom. The van der Waals surface area contributed by atoms with E-state index < -0.39 is 4.92 Å². The summed E-state index contributed by atoms with van der Waals surface area (Å²) in [7, 11) is 3.12. The number of hydrogen-bond acceptors (Lipinski definition) is 8. The minimum atomic E-state index is -0.520. The molecule has 170 valence electrons. The quantitative estimate of drug-likeness (QED) is 0.268. The van der Waals surface area contributed by atoms with Crippen LogP contribution >= 0.6 is 11.3 Å². The van der Waals surface area contributed by atoms with Crippen molar-refractivity contribution in [1.29, 1.82) is 0 Å². The van der Waals surface area contributed by atoms with Crippen molar-refractivity contribution in [2.45, 2.75) is 13.0 Å². The second kappa shape index (κ2) is 9.65. The summed E-state index contributed by atoms with van der Waals surface area (Å²) in [6, 6.07) is 9.24. The molecule has 0 saturated carbocycles. The van der Waals surface area contributed by atoms with Gasteiger partial charge in [0, 0.05) is 43.2 Å². The number of imidazole rings is 1. The van der Waals surface area contributed by atoms with Gasteiger partial charge in [-0.1, -0.05) is 17.4 Å². The Kier molecular flexibility index (Phi) is 6.50. The van der Waals surface area contributed by atoms with E-state index in [2.05, 4.69) is 9.97 Å². The van der Waals surface area contributed by atoms with E-state index in [1.54, 1.807) is 49.8 Å². The molecule has 0 aliphatic heterocycles. The van der Waals surface area contributed by atoms with Gasteiger partial charge in [-0.2, -0.15) is 0 Å². The molecule has 4 rings (SSSR count). The fourth-order valence-corrected chi connectivity index (χ4v) is 4.51. The largest absolute Gasteiger partial charge is 0.495 e. The molecule has 2 heterocycles. The number of ether oxygens (including phenoxy) is 2. The summed E-state index contributed by atoms with van der Waals surface area (Å²) >= 11 is 1.30. The number of aromatic nitrogens is 3. The molecule has 4 aromatic rings. The summed E-state index contributed by atoms with van der Waals surface area (Å²) < 4.78 is 13.6. The van der Waals surface area contributed by atoms with Gasteiger partial charge < -0.3 is 14.0 Å². The fourth-order valence-electron chi connectivity index (χ4n) is 3.41. The molecule has 33 heavy (non-hydrogen) atoms. The van der Waals surface area contributed by atoms with Crippen molar-refractivity contribution in [2.24, 2.45) is 0 Å². The van der Waals surface area contributed by atoms with Gasteiger partial charge in [-0.05, 0) is 24.6 Å². The van der Waals surface area contributed by atoms with Crippen LogP contribution in [0.25, 0.3) is 10.2 Å². The first kappa shape index (κ1) is 22.2. The maximum absolute atomic E-state index is 13.5. The number of carbonyl (C=O) groups excluding carboxylic acids is 1. The highest BCUT2D eigenvalue weighted by Gasteiger charge is 2.24. The van der Waals surface area contributed by atoms with Crippen LogP contribution in [0.4, 0.5) is 10.8 Å². The summed E-state index contributed by atoms with van der Waals surface area (Å²) in [6.07, 6.45) is 5.87. The van der Waals surface area contributed by atoms with E-state index in [1.807, 2.05) is 10.8 Å². The second-order valence-electron chi connectivity index (χ2n) is 7.06. The molecule has 0 aliphatic carbocycles. The predicted molar refractivity (Wildman–Crippen MR) is 124 cm³/mol. The van der Waals surface area contributed by atoms with Crippen LogP contribution in [0.15, 0.2) is 55.1 Å². The third-order valence-corrected chi connectivity index (χ3v) is 6.13. The number of carbonyl (C=O) groups is 1. The Balaban J connectivity index is 1.72.